The average Bonchev–Trinajstić information content (AvgIpc) is 3.11. The van der Waals surface area contributed by atoms with Gasteiger partial charge in [0.1, 0.15) is 11.5 Å². The molecule has 6 nitrogen and oxygen atoms in total. The zero-order valence-electron chi connectivity index (χ0n) is 16.1. The van der Waals surface area contributed by atoms with Gasteiger partial charge in [-0.05, 0) is 42.3 Å². The van der Waals surface area contributed by atoms with Crippen molar-refractivity contribution in [3.63, 3.8) is 0 Å². The molecule has 1 fully saturated rings. The van der Waals surface area contributed by atoms with Crippen LogP contribution in [-0.2, 0) is 16.1 Å². The smallest absolute Gasteiger partial charge is 0.248 e. The maximum absolute atomic E-state index is 12.3. The quantitative estimate of drug-likeness (QED) is 0.747. The molecule has 1 aliphatic rings. The van der Waals surface area contributed by atoms with E-state index >= 15 is 0 Å². The Bertz CT molecular complexity index is 892. The SMILES string of the molecule is COc1ccc(/C=C/C(=O)Nc2cccc(CN3CCCC3=O)c2)c(OC)c1. The van der Waals surface area contributed by atoms with Crippen LogP contribution in [0.25, 0.3) is 6.08 Å². The van der Waals surface area contributed by atoms with Crippen LogP contribution in [0, 0.1) is 0 Å². The first-order valence-corrected chi connectivity index (χ1v) is 9.17. The van der Waals surface area contributed by atoms with E-state index in [0.717, 1.165) is 24.1 Å². The third-order valence-electron chi connectivity index (χ3n) is 4.59. The number of amides is 2. The topological polar surface area (TPSA) is 67.9 Å². The molecular formula is C22H24N2O4. The highest BCUT2D eigenvalue weighted by Crippen LogP contribution is 2.25. The van der Waals surface area contributed by atoms with Gasteiger partial charge in [-0.1, -0.05) is 12.1 Å². The van der Waals surface area contributed by atoms with Crippen LogP contribution in [0.1, 0.15) is 24.0 Å². The molecule has 0 aliphatic carbocycles. The van der Waals surface area contributed by atoms with E-state index in [2.05, 4.69) is 5.32 Å². The molecule has 1 saturated heterocycles. The van der Waals surface area contributed by atoms with E-state index in [4.69, 9.17) is 9.47 Å². The summed E-state index contributed by atoms with van der Waals surface area (Å²) in [6, 6.07) is 13.0. The van der Waals surface area contributed by atoms with Crippen molar-refractivity contribution in [1.29, 1.82) is 0 Å². The molecule has 2 amide bonds. The number of nitrogens with one attached hydrogen (secondary N) is 1. The first kappa shape index (κ1) is 19.5. The molecule has 6 heteroatoms. The second-order valence-electron chi connectivity index (χ2n) is 6.55. The van der Waals surface area contributed by atoms with E-state index in [1.54, 1.807) is 26.4 Å². The molecule has 3 rings (SSSR count). The summed E-state index contributed by atoms with van der Waals surface area (Å²) in [7, 11) is 3.16. The second-order valence-corrected chi connectivity index (χ2v) is 6.55. The van der Waals surface area contributed by atoms with Gasteiger partial charge in [-0.3, -0.25) is 9.59 Å². The molecule has 0 aromatic heterocycles. The third kappa shape index (κ3) is 4.91. The molecule has 146 valence electrons. The van der Waals surface area contributed by atoms with Gasteiger partial charge in [-0.25, -0.2) is 0 Å². The lowest BCUT2D eigenvalue weighted by Gasteiger charge is -2.16. The molecule has 2 aromatic carbocycles. The number of carbonyl (C=O) groups excluding carboxylic acids is 2. The van der Waals surface area contributed by atoms with Gasteiger partial charge >= 0.3 is 0 Å². The van der Waals surface area contributed by atoms with E-state index in [-0.39, 0.29) is 11.8 Å². The summed E-state index contributed by atoms with van der Waals surface area (Å²) in [6.07, 6.45) is 4.69. The minimum absolute atomic E-state index is 0.186. The zero-order valence-corrected chi connectivity index (χ0v) is 16.1. The van der Waals surface area contributed by atoms with E-state index < -0.39 is 0 Å². The summed E-state index contributed by atoms with van der Waals surface area (Å²) in [5.41, 5.74) is 2.47. The number of ether oxygens (including phenoxy) is 2. The van der Waals surface area contributed by atoms with Crippen LogP contribution < -0.4 is 14.8 Å². The molecule has 28 heavy (non-hydrogen) atoms. The van der Waals surface area contributed by atoms with Gasteiger partial charge in [0.15, 0.2) is 0 Å². The van der Waals surface area contributed by atoms with Crippen molar-refractivity contribution in [2.24, 2.45) is 0 Å². The summed E-state index contributed by atoms with van der Waals surface area (Å²) in [5.74, 6) is 1.26. The molecule has 1 heterocycles. The van der Waals surface area contributed by atoms with Crippen molar-refractivity contribution in [3.8, 4) is 11.5 Å². The van der Waals surface area contributed by atoms with Crippen molar-refractivity contribution in [3.05, 3.63) is 59.7 Å². The Morgan fingerprint density at radius 3 is 2.75 bits per heavy atom. The van der Waals surface area contributed by atoms with Crippen LogP contribution in [0.15, 0.2) is 48.5 Å². The fourth-order valence-corrected chi connectivity index (χ4v) is 3.14. The van der Waals surface area contributed by atoms with Crippen molar-refractivity contribution < 1.29 is 19.1 Å². The maximum Gasteiger partial charge on any atom is 0.248 e. The van der Waals surface area contributed by atoms with Gasteiger partial charge in [0.05, 0.1) is 14.2 Å². The van der Waals surface area contributed by atoms with Gasteiger partial charge in [-0.2, -0.15) is 0 Å². The summed E-state index contributed by atoms with van der Waals surface area (Å²) in [6.45, 7) is 1.36. The lowest BCUT2D eigenvalue weighted by Crippen LogP contribution is -2.23. The van der Waals surface area contributed by atoms with Crippen LogP contribution in [0.4, 0.5) is 5.69 Å². The number of hydrogen-bond donors (Lipinski definition) is 1. The Labute approximate surface area is 164 Å². The number of nitrogens with zero attached hydrogens (tertiary/aromatic N) is 1. The standard InChI is InChI=1S/C22H24N2O4/c1-27-19-10-8-17(20(14-19)28-2)9-11-21(25)23-18-6-3-5-16(13-18)15-24-12-4-7-22(24)26/h3,5-6,8-11,13-14H,4,7,12,15H2,1-2H3,(H,23,25)/b11-9+. The van der Waals surface area contributed by atoms with E-state index in [1.807, 2.05) is 41.3 Å². The predicted octanol–water partition coefficient (Wildman–Crippen LogP) is 3.48. The van der Waals surface area contributed by atoms with Crippen LogP contribution >= 0.6 is 0 Å². The van der Waals surface area contributed by atoms with Crippen LogP contribution in [0.3, 0.4) is 0 Å². The van der Waals surface area contributed by atoms with Gasteiger partial charge in [0.2, 0.25) is 11.8 Å². The summed E-state index contributed by atoms with van der Waals surface area (Å²) >= 11 is 0. The molecule has 0 spiro atoms. The van der Waals surface area contributed by atoms with Gasteiger partial charge in [0.25, 0.3) is 0 Å². The van der Waals surface area contributed by atoms with E-state index in [1.165, 1.54) is 6.08 Å². The molecule has 0 bridgehead atoms. The van der Waals surface area contributed by atoms with E-state index in [9.17, 15) is 9.59 Å². The molecule has 2 aromatic rings. The number of hydrogen-bond acceptors (Lipinski definition) is 4. The lowest BCUT2D eigenvalue weighted by atomic mass is 10.1. The van der Waals surface area contributed by atoms with Gasteiger partial charge < -0.3 is 19.7 Å². The molecule has 1 N–H and O–H groups in total. The van der Waals surface area contributed by atoms with Gasteiger partial charge in [-0.15, -0.1) is 0 Å². The van der Waals surface area contributed by atoms with Crippen LogP contribution in [0.2, 0.25) is 0 Å². The maximum atomic E-state index is 12.3. The summed E-state index contributed by atoms with van der Waals surface area (Å²) in [5, 5.41) is 2.85. The minimum Gasteiger partial charge on any atom is -0.497 e. The van der Waals surface area contributed by atoms with Crippen molar-refractivity contribution in [2.45, 2.75) is 19.4 Å². The minimum atomic E-state index is -0.243. The highest BCUT2D eigenvalue weighted by Gasteiger charge is 2.19. The largest absolute Gasteiger partial charge is 0.497 e. The van der Waals surface area contributed by atoms with Crippen molar-refractivity contribution >= 4 is 23.6 Å². The molecule has 0 saturated carbocycles. The zero-order chi connectivity index (χ0) is 19.9. The van der Waals surface area contributed by atoms with Crippen molar-refractivity contribution in [2.75, 3.05) is 26.1 Å². The normalized spacial score (nSPS) is 13.8. The molecule has 0 unspecified atom stereocenters. The number of methoxy groups -OCH3 is 2. The Balaban J connectivity index is 1.64. The highest BCUT2D eigenvalue weighted by atomic mass is 16.5. The highest BCUT2D eigenvalue weighted by molar-refractivity contribution is 6.02. The van der Waals surface area contributed by atoms with E-state index in [0.29, 0.717) is 30.2 Å². The summed E-state index contributed by atoms with van der Waals surface area (Å²) in [4.78, 5) is 25.9. The monoisotopic (exact) mass is 380 g/mol. The first-order valence-electron chi connectivity index (χ1n) is 9.17. The Kier molecular flexibility index (Phi) is 6.32. The third-order valence-corrected chi connectivity index (χ3v) is 4.59. The Morgan fingerprint density at radius 2 is 2.04 bits per heavy atom. The number of carbonyl (C=O) groups is 2. The molecular weight excluding hydrogens is 356 g/mol. The number of benzene rings is 2. The van der Waals surface area contributed by atoms with Gasteiger partial charge in [0, 0.05) is 42.9 Å². The second kappa shape index (κ2) is 9.08. The van der Waals surface area contributed by atoms with Crippen molar-refractivity contribution in [1.82, 2.24) is 4.90 Å². The lowest BCUT2D eigenvalue weighted by molar-refractivity contribution is -0.128. The van der Waals surface area contributed by atoms with Crippen LogP contribution in [-0.4, -0.2) is 37.5 Å². The Hall–Kier alpha value is -3.28. The summed E-state index contributed by atoms with van der Waals surface area (Å²) < 4.78 is 10.5. The predicted molar refractivity (Wildman–Crippen MR) is 108 cm³/mol. The average molecular weight is 380 g/mol. The molecule has 0 radical (unpaired) electrons. The fraction of sp³-hybridized carbons (Fsp3) is 0.273. The number of anilines is 1. The molecule has 1 aliphatic heterocycles. The molecule has 0 atom stereocenters. The fourth-order valence-electron chi connectivity index (χ4n) is 3.14. The van der Waals surface area contributed by atoms with Crippen LogP contribution in [0.5, 0.6) is 11.5 Å². The number of likely N-dealkylation sites (tertiary alicyclic amines) is 1. The Morgan fingerprint density at radius 1 is 1.18 bits per heavy atom. The number of rotatable bonds is 7. The first-order chi connectivity index (χ1) is 13.6.